The van der Waals surface area contributed by atoms with E-state index < -0.39 is 29.7 Å². The summed E-state index contributed by atoms with van der Waals surface area (Å²) in [5.74, 6) is -2.11. The zero-order chi connectivity index (χ0) is 17.1. The van der Waals surface area contributed by atoms with E-state index in [0.717, 1.165) is 34.7 Å². The van der Waals surface area contributed by atoms with Crippen molar-refractivity contribution in [1.82, 2.24) is 4.90 Å². The molecular weight excluding hydrogens is 316 g/mol. The van der Waals surface area contributed by atoms with Crippen LogP contribution in [-0.2, 0) is 9.53 Å². The Balaban J connectivity index is 1.82. The number of hydrogen-bond donors (Lipinski definition) is 0. The maximum Gasteiger partial charge on any atom is 0.417 e. The predicted octanol–water partition coefficient (Wildman–Crippen LogP) is 3.70. The first kappa shape index (κ1) is 15.9. The summed E-state index contributed by atoms with van der Waals surface area (Å²) < 4.78 is 31.3. The quantitative estimate of drug-likeness (QED) is 0.807. The normalized spacial score (nSPS) is 17.3. The van der Waals surface area contributed by atoms with Crippen LogP contribution in [0.15, 0.2) is 54.6 Å². The number of rotatable bonds is 3. The van der Waals surface area contributed by atoms with Gasteiger partial charge in [0, 0.05) is 12.1 Å². The Kier molecular flexibility index (Phi) is 4.37. The van der Waals surface area contributed by atoms with Crippen LogP contribution in [0.4, 0.5) is 13.6 Å². The number of amides is 2. The molecule has 1 saturated heterocycles. The summed E-state index contributed by atoms with van der Waals surface area (Å²) in [5.41, 5.74) is 0.951. The molecule has 6 heteroatoms. The van der Waals surface area contributed by atoms with E-state index in [1.807, 2.05) is 6.07 Å². The largest absolute Gasteiger partial charge is 0.446 e. The molecule has 1 heterocycles. The molecule has 0 bridgehead atoms. The van der Waals surface area contributed by atoms with Crippen LogP contribution in [0, 0.1) is 11.6 Å². The van der Waals surface area contributed by atoms with Gasteiger partial charge in [-0.15, -0.1) is 0 Å². The molecule has 2 aromatic carbocycles. The minimum Gasteiger partial charge on any atom is -0.446 e. The van der Waals surface area contributed by atoms with Crippen LogP contribution in [0.1, 0.15) is 17.2 Å². The molecule has 2 amide bonds. The number of nitrogens with zero attached hydrogens (tertiary/aromatic N) is 1. The lowest BCUT2D eigenvalue weighted by Crippen LogP contribution is -2.32. The van der Waals surface area contributed by atoms with Crippen molar-refractivity contribution in [3.63, 3.8) is 0 Å². The van der Waals surface area contributed by atoms with Crippen molar-refractivity contribution in [2.24, 2.45) is 0 Å². The molecule has 1 aliphatic heterocycles. The molecule has 122 valence electrons. The smallest absolute Gasteiger partial charge is 0.417 e. The van der Waals surface area contributed by atoms with E-state index in [1.165, 1.54) is 6.08 Å². The molecule has 0 saturated carbocycles. The number of hydrogen-bond acceptors (Lipinski definition) is 3. The highest BCUT2D eigenvalue weighted by atomic mass is 19.1. The number of halogens is 2. The molecule has 1 fully saturated rings. The van der Waals surface area contributed by atoms with Crippen LogP contribution in [-0.4, -0.2) is 23.5 Å². The van der Waals surface area contributed by atoms with Crippen LogP contribution in [0.25, 0.3) is 6.08 Å². The summed E-state index contributed by atoms with van der Waals surface area (Å²) in [4.78, 5) is 25.2. The van der Waals surface area contributed by atoms with E-state index >= 15 is 0 Å². The lowest BCUT2D eigenvalue weighted by atomic mass is 10.1. The van der Waals surface area contributed by atoms with Crippen molar-refractivity contribution in [3.05, 3.63) is 77.4 Å². The standard InChI is InChI=1S/C18H13F2NO3/c19-14-8-12(9-15(20)10-14)6-7-17(22)21-16(11-24-18(21)23)13-4-2-1-3-5-13/h1-10,16H,11H2/t16-/m0/s1. The Labute approximate surface area is 137 Å². The summed E-state index contributed by atoms with van der Waals surface area (Å²) in [6.45, 7) is 0.0665. The van der Waals surface area contributed by atoms with E-state index in [1.54, 1.807) is 24.3 Å². The van der Waals surface area contributed by atoms with Crippen LogP contribution in [0.3, 0.4) is 0 Å². The Bertz CT molecular complexity index is 785. The van der Waals surface area contributed by atoms with Crippen molar-refractivity contribution >= 4 is 18.1 Å². The zero-order valence-electron chi connectivity index (χ0n) is 12.5. The fraction of sp³-hybridized carbons (Fsp3) is 0.111. The average molecular weight is 329 g/mol. The van der Waals surface area contributed by atoms with Gasteiger partial charge in [0.2, 0.25) is 0 Å². The number of benzene rings is 2. The van der Waals surface area contributed by atoms with Gasteiger partial charge < -0.3 is 4.74 Å². The van der Waals surface area contributed by atoms with E-state index in [2.05, 4.69) is 0 Å². The Morgan fingerprint density at radius 3 is 2.46 bits per heavy atom. The van der Waals surface area contributed by atoms with Crippen molar-refractivity contribution < 1.29 is 23.1 Å². The monoisotopic (exact) mass is 329 g/mol. The van der Waals surface area contributed by atoms with Gasteiger partial charge >= 0.3 is 6.09 Å². The Morgan fingerprint density at radius 1 is 1.12 bits per heavy atom. The number of carbonyl (C=O) groups is 2. The molecule has 0 N–H and O–H groups in total. The first-order valence-corrected chi connectivity index (χ1v) is 7.23. The van der Waals surface area contributed by atoms with E-state index in [0.29, 0.717) is 0 Å². The third-order valence-electron chi connectivity index (χ3n) is 3.60. The van der Waals surface area contributed by atoms with Crippen LogP contribution >= 0.6 is 0 Å². The van der Waals surface area contributed by atoms with Gasteiger partial charge in [-0.2, -0.15) is 0 Å². The molecule has 0 aliphatic carbocycles. The Morgan fingerprint density at radius 2 is 1.79 bits per heavy atom. The van der Waals surface area contributed by atoms with Crippen LogP contribution in [0.5, 0.6) is 0 Å². The maximum absolute atomic E-state index is 13.2. The van der Waals surface area contributed by atoms with Crippen molar-refractivity contribution in [3.8, 4) is 0 Å². The second kappa shape index (κ2) is 6.62. The first-order chi connectivity index (χ1) is 11.5. The Hall–Kier alpha value is -3.02. The topological polar surface area (TPSA) is 46.6 Å². The minimum absolute atomic E-state index is 0.0665. The van der Waals surface area contributed by atoms with E-state index in [4.69, 9.17) is 4.74 Å². The molecule has 3 rings (SSSR count). The zero-order valence-corrected chi connectivity index (χ0v) is 12.5. The van der Waals surface area contributed by atoms with Gasteiger partial charge in [0.05, 0.1) is 0 Å². The lowest BCUT2D eigenvalue weighted by Gasteiger charge is -2.18. The predicted molar refractivity (Wildman–Crippen MR) is 82.8 cm³/mol. The molecular formula is C18H13F2NO3. The molecule has 1 aliphatic rings. The van der Waals surface area contributed by atoms with Gasteiger partial charge in [0.25, 0.3) is 5.91 Å². The minimum atomic E-state index is -0.746. The highest BCUT2D eigenvalue weighted by Crippen LogP contribution is 2.28. The molecule has 4 nitrogen and oxygen atoms in total. The molecule has 0 radical (unpaired) electrons. The maximum atomic E-state index is 13.2. The average Bonchev–Trinajstić information content (AvgIpc) is 2.94. The van der Waals surface area contributed by atoms with E-state index in [9.17, 15) is 18.4 Å². The highest BCUT2D eigenvalue weighted by Gasteiger charge is 2.37. The molecule has 24 heavy (non-hydrogen) atoms. The molecule has 0 unspecified atom stereocenters. The third-order valence-corrected chi connectivity index (χ3v) is 3.60. The molecule has 0 spiro atoms. The van der Waals surface area contributed by atoms with Crippen LogP contribution < -0.4 is 0 Å². The SMILES string of the molecule is O=C(C=Cc1cc(F)cc(F)c1)N1C(=O)OC[C@H]1c1ccccc1. The second-order valence-electron chi connectivity index (χ2n) is 5.25. The van der Waals surface area contributed by atoms with Gasteiger partial charge in [0.1, 0.15) is 24.3 Å². The van der Waals surface area contributed by atoms with Gasteiger partial charge in [-0.05, 0) is 29.3 Å². The molecule has 1 atom stereocenters. The van der Waals surface area contributed by atoms with E-state index in [-0.39, 0.29) is 12.2 Å². The summed E-state index contributed by atoms with van der Waals surface area (Å²) in [6.07, 6.45) is 1.60. The van der Waals surface area contributed by atoms with Gasteiger partial charge in [-0.25, -0.2) is 18.5 Å². The lowest BCUT2D eigenvalue weighted by molar-refractivity contribution is -0.124. The van der Waals surface area contributed by atoms with Crippen molar-refractivity contribution in [1.29, 1.82) is 0 Å². The second-order valence-corrected chi connectivity index (χ2v) is 5.25. The number of ether oxygens (including phenoxy) is 1. The fourth-order valence-electron chi connectivity index (χ4n) is 2.50. The molecule has 0 aromatic heterocycles. The summed E-state index contributed by atoms with van der Waals surface area (Å²) in [5, 5.41) is 0. The van der Waals surface area contributed by atoms with Gasteiger partial charge in [0.15, 0.2) is 0 Å². The third kappa shape index (κ3) is 3.32. The highest BCUT2D eigenvalue weighted by molar-refractivity contribution is 6.02. The first-order valence-electron chi connectivity index (χ1n) is 7.23. The molecule has 2 aromatic rings. The summed E-state index contributed by atoms with van der Waals surface area (Å²) in [7, 11) is 0. The number of carbonyl (C=O) groups excluding carboxylic acids is 2. The number of cyclic esters (lactones) is 1. The summed E-state index contributed by atoms with van der Waals surface area (Å²) in [6, 6.07) is 11.4. The van der Waals surface area contributed by atoms with Crippen molar-refractivity contribution in [2.45, 2.75) is 6.04 Å². The van der Waals surface area contributed by atoms with Crippen molar-refractivity contribution in [2.75, 3.05) is 6.61 Å². The van der Waals surface area contributed by atoms with Gasteiger partial charge in [-0.3, -0.25) is 4.79 Å². The van der Waals surface area contributed by atoms with Gasteiger partial charge in [-0.1, -0.05) is 30.3 Å². The van der Waals surface area contributed by atoms with Crippen LogP contribution in [0.2, 0.25) is 0 Å². The number of imide groups is 1. The fourth-order valence-corrected chi connectivity index (χ4v) is 2.50. The summed E-state index contributed by atoms with van der Waals surface area (Å²) >= 11 is 0.